The topological polar surface area (TPSA) is 71.1 Å². The fourth-order valence-corrected chi connectivity index (χ4v) is 9.48. The van der Waals surface area contributed by atoms with Crippen LogP contribution < -0.4 is 18.9 Å². The molecule has 0 aromatic heterocycles. The maximum atomic E-state index is 14.8. The van der Waals surface area contributed by atoms with E-state index in [1.165, 1.54) is 103 Å². The highest BCUT2D eigenvalue weighted by Gasteiger charge is 2.36. The van der Waals surface area contributed by atoms with Crippen LogP contribution in [-0.4, -0.2) is 38.0 Å². The molecular weight excluding hydrogens is 817 g/mol. The minimum atomic E-state index is -0.0522. The molecule has 0 bridgehead atoms. The fourth-order valence-electron chi connectivity index (χ4n) is 9.48. The van der Waals surface area contributed by atoms with Crippen molar-refractivity contribution in [2.45, 2.75) is 182 Å². The zero-order chi connectivity index (χ0) is 46.4. The second-order valence-corrected chi connectivity index (χ2v) is 18.7. The van der Waals surface area contributed by atoms with Crippen molar-refractivity contribution in [1.29, 1.82) is 0 Å². The van der Waals surface area contributed by atoms with Gasteiger partial charge >= 0.3 is 0 Å². The number of benzene rings is 4. The molecule has 6 rings (SSSR count). The Bertz CT molecular complexity index is 1880. The highest BCUT2D eigenvalue weighted by molar-refractivity contribution is 6.27. The monoisotopic (exact) mass is 897 g/mol. The third-order valence-corrected chi connectivity index (χ3v) is 13.3. The Kier molecular flexibility index (Phi) is 21.2. The second kappa shape index (κ2) is 27.7. The number of rotatable bonds is 32. The number of hydrogen-bond acceptors (Lipinski definition) is 6. The van der Waals surface area contributed by atoms with Gasteiger partial charge in [-0.25, -0.2) is 0 Å². The van der Waals surface area contributed by atoms with Crippen molar-refractivity contribution in [3.05, 3.63) is 117 Å². The molecule has 356 valence electrons. The Labute approximate surface area is 398 Å². The Hall–Kier alpha value is -4.84. The average Bonchev–Trinajstić information content (AvgIpc) is 3.34. The Morgan fingerprint density at radius 2 is 0.485 bits per heavy atom. The molecule has 2 aliphatic carbocycles. The maximum Gasteiger partial charge on any atom is 0.194 e. The van der Waals surface area contributed by atoms with E-state index in [4.69, 9.17) is 18.9 Å². The van der Waals surface area contributed by atoms with Crippen LogP contribution >= 0.6 is 0 Å². The van der Waals surface area contributed by atoms with Crippen molar-refractivity contribution in [2.24, 2.45) is 0 Å². The lowest BCUT2D eigenvalue weighted by Crippen LogP contribution is -2.20. The van der Waals surface area contributed by atoms with Crippen molar-refractivity contribution >= 4 is 22.7 Å². The first-order valence-electron chi connectivity index (χ1n) is 26.4. The largest absolute Gasteiger partial charge is 0.494 e. The molecule has 0 amide bonds. The van der Waals surface area contributed by atoms with E-state index in [2.05, 4.69) is 27.7 Å². The molecule has 0 spiro atoms. The third-order valence-electron chi connectivity index (χ3n) is 13.3. The predicted octanol–water partition coefficient (Wildman–Crippen LogP) is 16.7. The summed E-state index contributed by atoms with van der Waals surface area (Å²) in [7, 11) is 0. The minimum Gasteiger partial charge on any atom is -0.494 e. The van der Waals surface area contributed by atoms with Gasteiger partial charge in [-0.05, 0) is 132 Å². The molecule has 0 saturated carbocycles. The molecule has 0 aliphatic heterocycles. The van der Waals surface area contributed by atoms with Gasteiger partial charge in [-0.15, -0.1) is 0 Å². The molecule has 0 fully saturated rings. The van der Waals surface area contributed by atoms with Gasteiger partial charge in [-0.1, -0.05) is 156 Å². The van der Waals surface area contributed by atoms with Crippen LogP contribution in [0.5, 0.6) is 23.0 Å². The van der Waals surface area contributed by atoms with Crippen molar-refractivity contribution in [1.82, 2.24) is 0 Å². The summed E-state index contributed by atoms with van der Waals surface area (Å²) < 4.78 is 25.3. The van der Waals surface area contributed by atoms with E-state index in [0.29, 0.717) is 71.7 Å². The van der Waals surface area contributed by atoms with Crippen molar-refractivity contribution in [3.63, 3.8) is 0 Å². The van der Waals surface area contributed by atoms with Crippen molar-refractivity contribution < 1.29 is 28.5 Å². The summed E-state index contributed by atoms with van der Waals surface area (Å²) in [5.41, 5.74) is 7.52. The van der Waals surface area contributed by atoms with E-state index >= 15 is 0 Å². The highest BCUT2D eigenvalue weighted by Crippen LogP contribution is 2.49. The van der Waals surface area contributed by atoms with Crippen LogP contribution in [0.3, 0.4) is 0 Å². The van der Waals surface area contributed by atoms with Gasteiger partial charge in [0.2, 0.25) is 0 Å². The predicted molar refractivity (Wildman–Crippen MR) is 273 cm³/mol. The molecule has 6 heteroatoms. The molecule has 0 heterocycles. The molecule has 0 atom stereocenters. The Balaban J connectivity index is 1.39. The zero-order valence-electron chi connectivity index (χ0n) is 41.2. The fraction of sp³-hybridized carbons (Fsp3) is 0.533. The van der Waals surface area contributed by atoms with Crippen molar-refractivity contribution in [3.8, 4) is 23.0 Å². The number of carbonyl (C=O) groups excluding carboxylic acids is 2. The lowest BCUT2D eigenvalue weighted by atomic mass is 9.72. The second-order valence-electron chi connectivity index (χ2n) is 18.7. The SMILES string of the molecule is CCCCCCCCOc1ccc2c(c1)C(=O)c1cc(OCCCCCCCC)ccc1C2=C1c2ccc(OCCCCCCCC)cc2C(=O)c2cc(OCCCCCCCC)ccc21. The van der Waals surface area contributed by atoms with Crippen LogP contribution in [-0.2, 0) is 0 Å². The normalized spacial score (nSPS) is 12.7. The molecular formula is C60H80O6. The average molecular weight is 897 g/mol. The minimum absolute atomic E-state index is 0.0522. The van der Waals surface area contributed by atoms with E-state index < -0.39 is 0 Å². The summed E-state index contributed by atoms with van der Waals surface area (Å²) in [6.07, 6.45) is 28.3. The molecule has 0 N–H and O–H groups in total. The van der Waals surface area contributed by atoms with Gasteiger partial charge in [0.25, 0.3) is 0 Å². The summed E-state index contributed by atoms with van der Waals surface area (Å²) in [4.78, 5) is 29.6. The quantitative estimate of drug-likeness (QED) is 0.0393. The van der Waals surface area contributed by atoms with Crippen LogP contribution in [0.1, 0.15) is 236 Å². The van der Waals surface area contributed by atoms with Crippen LogP contribution in [0.25, 0.3) is 11.1 Å². The maximum absolute atomic E-state index is 14.8. The summed E-state index contributed by atoms with van der Waals surface area (Å²) in [5, 5.41) is 0. The molecule has 4 aromatic carbocycles. The van der Waals surface area contributed by atoms with Gasteiger partial charge in [0.15, 0.2) is 11.6 Å². The van der Waals surface area contributed by atoms with Gasteiger partial charge in [0, 0.05) is 22.3 Å². The number of ether oxygens (including phenoxy) is 4. The van der Waals surface area contributed by atoms with Crippen LogP contribution in [0.15, 0.2) is 72.8 Å². The van der Waals surface area contributed by atoms with Gasteiger partial charge < -0.3 is 18.9 Å². The van der Waals surface area contributed by atoms with E-state index in [-0.39, 0.29) is 11.6 Å². The van der Waals surface area contributed by atoms with Gasteiger partial charge in [0.05, 0.1) is 26.4 Å². The molecule has 4 aromatic rings. The molecule has 0 radical (unpaired) electrons. The standard InChI is InChI=1S/C60H80O6/c1-5-9-13-17-21-25-37-63-45-29-33-49-53(41-45)59(61)54-42-46(64-38-26-22-18-14-10-6-2)30-34-50(54)57(49)58-51-35-31-47(65-39-27-23-19-15-11-7-3)43-55(51)60(62)56-44-48(32-36-52(56)58)66-40-28-24-20-16-12-8-4/h29-36,41-44H,5-28,37-40H2,1-4H3. The van der Waals surface area contributed by atoms with E-state index in [1.54, 1.807) is 0 Å². The first kappa shape index (κ1) is 50.6. The number of fused-ring (bicyclic) bond motifs is 4. The lowest BCUT2D eigenvalue weighted by Gasteiger charge is -2.30. The number of carbonyl (C=O) groups is 2. The van der Waals surface area contributed by atoms with Gasteiger partial charge in [-0.3, -0.25) is 9.59 Å². The van der Waals surface area contributed by atoms with Crippen molar-refractivity contribution in [2.75, 3.05) is 26.4 Å². The van der Waals surface area contributed by atoms with Crippen LogP contribution in [0.4, 0.5) is 0 Å². The summed E-state index contributed by atoms with van der Waals surface area (Å²) in [5.74, 6) is 2.67. The van der Waals surface area contributed by atoms with Gasteiger partial charge in [-0.2, -0.15) is 0 Å². The number of ketones is 2. The van der Waals surface area contributed by atoms with Gasteiger partial charge in [0.1, 0.15) is 23.0 Å². The van der Waals surface area contributed by atoms with Crippen LogP contribution in [0, 0.1) is 0 Å². The first-order chi connectivity index (χ1) is 32.5. The summed E-state index contributed by atoms with van der Waals surface area (Å²) >= 11 is 0. The van der Waals surface area contributed by atoms with E-state index in [9.17, 15) is 9.59 Å². The van der Waals surface area contributed by atoms with Crippen LogP contribution in [0.2, 0.25) is 0 Å². The first-order valence-corrected chi connectivity index (χ1v) is 26.4. The number of hydrogen-bond donors (Lipinski definition) is 0. The molecule has 0 unspecified atom stereocenters. The Morgan fingerprint density at radius 1 is 0.273 bits per heavy atom. The molecule has 2 aliphatic rings. The summed E-state index contributed by atoms with van der Waals surface area (Å²) in [6, 6.07) is 23.9. The molecule has 6 nitrogen and oxygen atoms in total. The third kappa shape index (κ3) is 14.1. The molecule has 66 heavy (non-hydrogen) atoms. The Morgan fingerprint density at radius 3 is 0.712 bits per heavy atom. The highest BCUT2D eigenvalue weighted by atomic mass is 16.5. The zero-order valence-corrected chi connectivity index (χ0v) is 41.2. The lowest BCUT2D eigenvalue weighted by molar-refractivity contribution is 0.102. The smallest absolute Gasteiger partial charge is 0.194 e. The molecule has 0 saturated heterocycles. The van der Waals surface area contributed by atoms with E-state index in [1.807, 2.05) is 72.8 Å². The van der Waals surface area contributed by atoms with E-state index in [0.717, 1.165) is 84.8 Å². The number of unbranched alkanes of at least 4 members (excludes halogenated alkanes) is 20. The summed E-state index contributed by atoms with van der Waals surface area (Å²) in [6.45, 7) is 11.4.